The summed E-state index contributed by atoms with van der Waals surface area (Å²) in [6, 6.07) is 7.05. The van der Waals surface area contributed by atoms with Crippen molar-refractivity contribution in [2.75, 3.05) is 13.2 Å². The van der Waals surface area contributed by atoms with Gasteiger partial charge in [0.2, 0.25) is 0 Å². The molecule has 2 N–H and O–H groups in total. The first-order valence-electron chi connectivity index (χ1n) is 10.8. The Balaban J connectivity index is 0.00000256. The van der Waals surface area contributed by atoms with Crippen molar-refractivity contribution >= 4 is 29.9 Å². The van der Waals surface area contributed by atoms with Crippen molar-refractivity contribution in [1.29, 1.82) is 0 Å². The van der Waals surface area contributed by atoms with E-state index in [2.05, 4.69) is 39.0 Å². The molecule has 2 aromatic rings. The highest BCUT2D eigenvalue weighted by Crippen LogP contribution is 2.25. The van der Waals surface area contributed by atoms with Gasteiger partial charge in [0.05, 0.1) is 6.61 Å². The van der Waals surface area contributed by atoms with Crippen LogP contribution in [-0.2, 0) is 26.4 Å². The first kappa shape index (κ1) is 22.8. The zero-order valence-corrected chi connectivity index (χ0v) is 20.3. The Kier molecular flexibility index (Phi) is 8.35. The molecule has 1 aliphatic heterocycles. The molecule has 0 unspecified atom stereocenters. The molecule has 1 aromatic heterocycles. The lowest BCUT2D eigenvalue weighted by molar-refractivity contribution is 0.357. The topological polar surface area (TPSA) is 76.4 Å². The van der Waals surface area contributed by atoms with Gasteiger partial charge in [0.1, 0.15) is 18.1 Å². The van der Waals surface area contributed by atoms with Gasteiger partial charge < -0.3 is 19.9 Å². The maximum Gasteiger partial charge on any atom is 0.191 e. The summed E-state index contributed by atoms with van der Waals surface area (Å²) in [6.07, 6.45) is 8.35. The van der Waals surface area contributed by atoms with Crippen LogP contribution in [0, 0.1) is 6.92 Å². The van der Waals surface area contributed by atoms with E-state index in [-0.39, 0.29) is 24.0 Å². The van der Waals surface area contributed by atoms with Gasteiger partial charge in [-0.25, -0.2) is 4.99 Å². The first-order chi connectivity index (χ1) is 14.2. The summed E-state index contributed by atoms with van der Waals surface area (Å²) >= 11 is 0. The van der Waals surface area contributed by atoms with Crippen molar-refractivity contribution < 1.29 is 4.74 Å². The van der Waals surface area contributed by atoms with Crippen LogP contribution in [0.25, 0.3) is 0 Å². The molecule has 7 nitrogen and oxygen atoms in total. The van der Waals surface area contributed by atoms with Gasteiger partial charge in [-0.05, 0) is 43.4 Å². The predicted octanol–water partition coefficient (Wildman–Crippen LogP) is 3.29. The SMILES string of the molecule is Cc1nnc(CN=C(NCCc2ccc3c(c2)CCO3)NC2CCCCC2)n1C.I. The van der Waals surface area contributed by atoms with E-state index >= 15 is 0 Å². The monoisotopic (exact) mass is 524 g/mol. The van der Waals surface area contributed by atoms with Crippen LogP contribution >= 0.6 is 24.0 Å². The number of aromatic nitrogens is 3. The van der Waals surface area contributed by atoms with Gasteiger partial charge in [-0.15, -0.1) is 34.2 Å². The Labute approximate surface area is 196 Å². The number of nitrogens with zero attached hydrogens (tertiary/aromatic N) is 4. The normalized spacial score (nSPS) is 16.5. The molecular formula is C22H33IN6O. The van der Waals surface area contributed by atoms with E-state index in [1.807, 2.05) is 18.5 Å². The molecule has 1 saturated carbocycles. The number of guanidine groups is 1. The average molecular weight is 524 g/mol. The Hall–Kier alpha value is -1.84. The van der Waals surface area contributed by atoms with Gasteiger partial charge in [0, 0.05) is 26.1 Å². The van der Waals surface area contributed by atoms with Crippen LogP contribution in [-0.4, -0.2) is 39.9 Å². The molecule has 0 bridgehead atoms. The highest BCUT2D eigenvalue weighted by atomic mass is 127. The van der Waals surface area contributed by atoms with Crippen LogP contribution in [0.5, 0.6) is 5.75 Å². The zero-order chi connectivity index (χ0) is 20.1. The van der Waals surface area contributed by atoms with Crippen molar-refractivity contribution in [1.82, 2.24) is 25.4 Å². The largest absolute Gasteiger partial charge is 0.493 e. The van der Waals surface area contributed by atoms with E-state index in [9.17, 15) is 0 Å². The fourth-order valence-electron chi connectivity index (χ4n) is 4.05. The van der Waals surface area contributed by atoms with Crippen LogP contribution in [0.1, 0.15) is 54.9 Å². The van der Waals surface area contributed by atoms with Gasteiger partial charge in [0.15, 0.2) is 11.8 Å². The van der Waals surface area contributed by atoms with Crippen molar-refractivity contribution in [2.24, 2.45) is 12.0 Å². The number of fused-ring (bicyclic) bond motifs is 1. The summed E-state index contributed by atoms with van der Waals surface area (Å²) < 4.78 is 7.60. The molecule has 8 heteroatoms. The number of hydrogen-bond donors (Lipinski definition) is 2. The molecule has 0 amide bonds. The summed E-state index contributed by atoms with van der Waals surface area (Å²) in [7, 11) is 1.99. The molecule has 0 saturated heterocycles. The van der Waals surface area contributed by atoms with Gasteiger partial charge in [-0.1, -0.05) is 31.4 Å². The number of aliphatic imine (C=N–C) groups is 1. The molecule has 164 valence electrons. The smallest absolute Gasteiger partial charge is 0.191 e. The third kappa shape index (κ3) is 5.86. The highest BCUT2D eigenvalue weighted by Gasteiger charge is 2.15. The lowest BCUT2D eigenvalue weighted by atomic mass is 9.96. The highest BCUT2D eigenvalue weighted by molar-refractivity contribution is 14.0. The van der Waals surface area contributed by atoms with Crippen LogP contribution in [0.4, 0.5) is 0 Å². The lowest BCUT2D eigenvalue weighted by Crippen LogP contribution is -2.44. The third-order valence-electron chi connectivity index (χ3n) is 5.97. The minimum atomic E-state index is 0. The third-order valence-corrected chi connectivity index (χ3v) is 5.97. The number of nitrogens with one attached hydrogen (secondary N) is 2. The van der Waals surface area contributed by atoms with Crippen LogP contribution < -0.4 is 15.4 Å². The molecule has 0 spiro atoms. The van der Waals surface area contributed by atoms with Crippen molar-refractivity contribution in [3.05, 3.63) is 41.0 Å². The standard InChI is InChI=1S/C22H32N6O.HI/c1-16-26-27-21(28(16)2)15-24-22(25-19-6-4-3-5-7-19)23-12-10-17-8-9-20-18(14-17)11-13-29-20;/h8-9,14,19H,3-7,10-13,15H2,1-2H3,(H2,23,24,25);1H. The Morgan fingerprint density at radius 3 is 2.83 bits per heavy atom. The molecule has 0 radical (unpaired) electrons. The Bertz CT molecular complexity index is 859. The van der Waals surface area contributed by atoms with Gasteiger partial charge in [-0.3, -0.25) is 0 Å². The second kappa shape index (κ2) is 11.0. The van der Waals surface area contributed by atoms with E-state index in [1.165, 1.54) is 43.2 Å². The zero-order valence-electron chi connectivity index (χ0n) is 18.0. The summed E-state index contributed by atoms with van der Waals surface area (Å²) in [5, 5.41) is 15.5. The fraction of sp³-hybridized carbons (Fsp3) is 0.591. The number of ether oxygens (including phenoxy) is 1. The van der Waals surface area contributed by atoms with E-state index < -0.39 is 0 Å². The first-order valence-corrected chi connectivity index (χ1v) is 10.8. The Morgan fingerprint density at radius 1 is 1.23 bits per heavy atom. The second-order valence-corrected chi connectivity index (χ2v) is 8.08. The van der Waals surface area contributed by atoms with Crippen LogP contribution in [0.2, 0.25) is 0 Å². The molecule has 4 rings (SSSR count). The maximum atomic E-state index is 5.61. The quantitative estimate of drug-likeness (QED) is 0.345. The molecule has 1 fully saturated rings. The summed E-state index contributed by atoms with van der Waals surface area (Å²) in [6.45, 7) is 4.13. The molecular weight excluding hydrogens is 491 g/mol. The van der Waals surface area contributed by atoms with E-state index in [0.29, 0.717) is 12.6 Å². The van der Waals surface area contributed by atoms with E-state index in [0.717, 1.165) is 49.4 Å². The minimum absolute atomic E-state index is 0. The Morgan fingerprint density at radius 2 is 2.07 bits per heavy atom. The average Bonchev–Trinajstić information content (AvgIpc) is 3.33. The maximum absolute atomic E-state index is 5.61. The molecule has 2 heterocycles. The molecule has 30 heavy (non-hydrogen) atoms. The lowest BCUT2D eigenvalue weighted by Gasteiger charge is -2.25. The number of rotatable bonds is 6. The summed E-state index contributed by atoms with van der Waals surface area (Å²) in [4.78, 5) is 4.80. The van der Waals surface area contributed by atoms with Crippen LogP contribution in [0.3, 0.4) is 0 Å². The second-order valence-electron chi connectivity index (χ2n) is 8.08. The van der Waals surface area contributed by atoms with Crippen molar-refractivity contribution in [2.45, 2.75) is 64.5 Å². The number of aryl methyl sites for hydroxylation is 1. The molecule has 2 aliphatic rings. The summed E-state index contributed by atoms with van der Waals surface area (Å²) in [5.41, 5.74) is 2.66. The number of hydrogen-bond acceptors (Lipinski definition) is 4. The predicted molar refractivity (Wildman–Crippen MR) is 130 cm³/mol. The summed E-state index contributed by atoms with van der Waals surface area (Å²) in [5.74, 6) is 3.71. The molecule has 1 aliphatic carbocycles. The van der Waals surface area contributed by atoms with Gasteiger partial charge in [-0.2, -0.15) is 0 Å². The fourth-order valence-corrected chi connectivity index (χ4v) is 4.05. The number of benzene rings is 1. The molecule has 0 atom stereocenters. The van der Waals surface area contributed by atoms with Crippen molar-refractivity contribution in [3.8, 4) is 5.75 Å². The van der Waals surface area contributed by atoms with E-state index in [4.69, 9.17) is 9.73 Å². The van der Waals surface area contributed by atoms with Crippen molar-refractivity contribution in [3.63, 3.8) is 0 Å². The van der Waals surface area contributed by atoms with Gasteiger partial charge in [0.25, 0.3) is 0 Å². The number of halogens is 1. The van der Waals surface area contributed by atoms with Gasteiger partial charge >= 0.3 is 0 Å². The van der Waals surface area contributed by atoms with E-state index in [1.54, 1.807) is 0 Å². The van der Waals surface area contributed by atoms with Crippen LogP contribution in [0.15, 0.2) is 23.2 Å². The minimum Gasteiger partial charge on any atom is -0.493 e. The molecule has 1 aromatic carbocycles.